The molecular weight excluding hydrogens is 260 g/mol. The van der Waals surface area contributed by atoms with E-state index in [-0.39, 0.29) is 11.9 Å². The molecule has 1 aromatic rings. The monoisotopic (exact) mass is 288 g/mol. The van der Waals surface area contributed by atoms with Crippen LogP contribution < -0.4 is 11.1 Å². The molecule has 1 fully saturated rings. The molecule has 2 atom stereocenters. The molecule has 21 heavy (non-hydrogen) atoms. The minimum atomic E-state index is 0.186. The van der Waals surface area contributed by atoms with E-state index in [2.05, 4.69) is 24.4 Å². The van der Waals surface area contributed by atoms with Gasteiger partial charge in [-0.25, -0.2) is 0 Å². The Morgan fingerprint density at radius 1 is 1.29 bits per heavy atom. The third-order valence-electron chi connectivity index (χ3n) is 4.50. The van der Waals surface area contributed by atoms with E-state index in [4.69, 9.17) is 5.73 Å². The zero-order valence-electron chi connectivity index (χ0n) is 13.1. The average Bonchev–Trinajstić information content (AvgIpc) is 3.34. The van der Waals surface area contributed by atoms with Gasteiger partial charge in [-0.3, -0.25) is 4.79 Å². The van der Waals surface area contributed by atoms with Gasteiger partial charge in [0, 0.05) is 6.42 Å². The summed E-state index contributed by atoms with van der Waals surface area (Å²) in [4.78, 5) is 12.2. The van der Waals surface area contributed by atoms with Gasteiger partial charge in [0.15, 0.2) is 0 Å². The van der Waals surface area contributed by atoms with Gasteiger partial charge >= 0.3 is 0 Å². The standard InChI is InChI=1S/C18H28N2O/c1-2-14(12-13-19)8-11-17(21)20-18(16-9-10-16)15-6-4-3-5-7-15/h3-7,14,16,18H,2,8-13,19H2,1H3,(H,20,21). The summed E-state index contributed by atoms with van der Waals surface area (Å²) in [6.07, 6.45) is 6.15. The average molecular weight is 288 g/mol. The molecule has 1 amide bonds. The van der Waals surface area contributed by atoms with E-state index < -0.39 is 0 Å². The van der Waals surface area contributed by atoms with Crippen LogP contribution in [0.1, 0.15) is 57.1 Å². The fraction of sp³-hybridized carbons (Fsp3) is 0.611. The van der Waals surface area contributed by atoms with Gasteiger partial charge in [-0.05, 0) is 49.6 Å². The summed E-state index contributed by atoms with van der Waals surface area (Å²) in [6, 6.07) is 10.6. The molecule has 0 aromatic heterocycles. The van der Waals surface area contributed by atoms with Crippen LogP contribution in [0.3, 0.4) is 0 Å². The maximum Gasteiger partial charge on any atom is 0.220 e. The number of carbonyl (C=O) groups excluding carboxylic acids is 1. The van der Waals surface area contributed by atoms with Gasteiger partial charge in [-0.1, -0.05) is 43.7 Å². The number of rotatable bonds is 9. The van der Waals surface area contributed by atoms with E-state index in [0.29, 0.717) is 18.3 Å². The normalized spacial score (nSPS) is 17.2. The SMILES string of the molecule is CCC(CCN)CCC(=O)NC(c1ccccc1)C1CC1. The van der Waals surface area contributed by atoms with Crippen molar-refractivity contribution in [3.8, 4) is 0 Å². The van der Waals surface area contributed by atoms with Gasteiger partial charge in [0.1, 0.15) is 0 Å². The summed E-state index contributed by atoms with van der Waals surface area (Å²) in [5, 5.41) is 3.25. The highest BCUT2D eigenvalue weighted by atomic mass is 16.1. The molecular formula is C18H28N2O. The Hall–Kier alpha value is -1.35. The first kappa shape index (κ1) is 16.0. The highest BCUT2D eigenvalue weighted by Gasteiger charge is 2.33. The fourth-order valence-corrected chi connectivity index (χ4v) is 2.93. The summed E-state index contributed by atoms with van der Waals surface area (Å²) in [5.41, 5.74) is 6.85. The number of carbonyl (C=O) groups is 1. The van der Waals surface area contributed by atoms with Gasteiger partial charge < -0.3 is 11.1 Å². The first-order chi connectivity index (χ1) is 10.2. The molecule has 0 aliphatic heterocycles. The number of benzene rings is 1. The van der Waals surface area contributed by atoms with Crippen molar-refractivity contribution < 1.29 is 4.79 Å². The largest absolute Gasteiger partial charge is 0.349 e. The molecule has 2 rings (SSSR count). The second-order valence-electron chi connectivity index (χ2n) is 6.18. The number of hydrogen-bond acceptors (Lipinski definition) is 2. The summed E-state index contributed by atoms with van der Waals surface area (Å²) in [5.74, 6) is 1.39. The van der Waals surface area contributed by atoms with Gasteiger partial charge in [0.2, 0.25) is 5.91 Å². The first-order valence-electron chi connectivity index (χ1n) is 8.29. The van der Waals surface area contributed by atoms with Crippen molar-refractivity contribution in [2.45, 2.75) is 51.5 Å². The highest BCUT2D eigenvalue weighted by Crippen LogP contribution is 2.41. The lowest BCUT2D eigenvalue weighted by Gasteiger charge is -2.20. The molecule has 1 saturated carbocycles. The Balaban J connectivity index is 1.85. The molecule has 1 aromatic carbocycles. The zero-order chi connectivity index (χ0) is 15.1. The number of nitrogens with two attached hydrogens (primary N) is 1. The Bertz CT molecular complexity index is 428. The lowest BCUT2D eigenvalue weighted by atomic mass is 9.96. The van der Waals surface area contributed by atoms with Crippen molar-refractivity contribution in [2.24, 2.45) is 17.6 Å². The van der Waals surface area contributed by atoms with Crippen LogP contribution in [0.4, 0.5) is 0 Å². The quantitative estimate of drug-likeness (QED) is 0.731. The Kier molecular flexibility index (Phi) is 6.24. The Labute approximate surface area is 128 Å². The highest BCUT2D eigenvalue weighted by molar-refractivity contribution is 5.76. The minimum absolute atomic E-state index is 0.186. The zero-order valence-corrected chi connectivity index (χ0v) is 13.1. The molecule has 2 unspecified atom stereocenters. The van der Waals surface area contributed by atoms with E-state index in [1.54, 1.807) is 0 Å². The lowest BCUT2D eigenvalue weighted by molar-refractivity contribution is -0.122. The van der Waals surface area contributed by atoms with Crippen LogP contribution in [-0.4, -0.2) is 12.5 Å². The Morgan fingerprint density at radius 3 is 2.57 bits per heavy atom. The van der Waals surface area contributed by atoms with E-state index in [1.165, 1.54) is 18.4 Å². The van der Waals surface area contributed by atoms with Gasteiger partial charge in [0.05, 0.1) is 6.04 Å². The first-order valence-corrected chi connectivity index (χ1v) is 8.29. The van der Waals surface area contributed by atoms with Crippen molar-refractivity contribution in [1.82, 2.24) is 5.32 Å². The van der Waals surface area contributed by atoms with E-state index >= 15 is 0 Å². The summed E-state index contributed by atoms with van der Waals surface area (Å²) in [6.45, 7) is 2.89. The molecule has 3 nitrogen and oxygen atoms in total. The van der Waals surface area contributed by atoms with Crippen molar-refractivity contribution in [2.75, 3.05) is 6.54 Å². The summed E-state index contributed by atoms with van der Waals surface area (Å²) in [7, 11) is 0. The second-order valence-corrected chi connectivity index (χ2v) is 6.18. The van der Waals surface area contributed by atoms with Crippen LogP contribution in [0, 0.1) is 11.8 Å². The molecule has 0 heterocycles. The molecule has 0 spiro atoms. The smallest absolute Gasteiger partial charge is 0.220 e. The van der Waals surface area contributed by atoms with Crippen molar-refractivity contribution in [1.29, 1.82) is 0 Å². The van der Waals surface area contributed by atoms with Crippen LogP contribution >= 0.6 is 0 Å². The maximum atomic E-state index is 12.2. The predicted octanol–water partition coefficient (Wildman–Crippen LogP) is 3.41. The van der Waals surface area contributed by atoms with E-state index in [1.807, 2.05) is 18.2 Å². The Morgan fingerprint density at radius 2 is 2.00 bits per heavy atom. The van der Waals surface area contributed by atoms with Crippen LogP contribution in [0.2, 0.25) is 0 Å². The minimum Gasteiger partial charge on any atom is -0.349 e. The molecule has 3 N–H and O–H groups in total. The third kappa shape index (κ3) is 5.16. The lowest BCUT2D eigenvalue weighted by Crippen LogP contribution is -2.30. The summed E-state index contributed by atoms with van der Waals surface area (Å²) >= 11 is 0. The second kappa shape index (κ2) is 8.18. The van der Waals surface area contributed by atoms with Gasteiger partial charge in [0.25, 0.3) is 0 Å². The van der Waals surface area contributed by atoms with Crippen molar-refractivity contribution >= 4 is 5.91 Å². The third-order valence-corrected chi connectivity index (χ3v) is 4.50. The molecule has 0 saturated heterocycles. The van der Waals surface area contributed by atoms with Crippen molar-refractivity contribution in [3.05, 3.63) is 35.9 Å². The van der Waals surface area contributed by atoms with Crippen LogP contribution in [-0.2, 0) is 4.79 Å². The molecule has 1 aliphatic rings. The van der Waals surface area contributed by atoms with Crippen LogP contribution in [0.15, 0.2) is 30.3 Å². The van der Waals surface area contributed by atoms with Gasteiger partial charge in [-0.15, -0.1) is 0 Å². The van der Waals surface area contributed by atoms with Crippen LogP contribution in [0.5, 0.6) is 0 Å². The predicted molar refractivity (Wildman–Crippen MR) is 86.7 cm³/mol. The maximum absolute atomic E-state index is 12.2. The number of nitrogens with one attached hydrogen (secondary N) is 1. The van der Waals surface area contributed by atoms with E-state index in [0.717, 1.165) is 25.8 Å². The molecule has 3 heteroatoms. The molecule has 116 valence electrons. The summed E-state index contributed by atoms with van der Waals surface area (Å²) < 4.78 is 0. The van der Waals surface area contributed by atoms with Crippen molar-refractivity contribution in [3.63, 3.8) is 0 Å². The topological polar surface area (TPSA) is 55.1 Å². The molecule has 0 bridgehead atoms. The van der Waals surface area contributed by atoms with E-state index in [9.17, 15) is 4.79 Å². The fourth-order valence-electron chi connectivity index (χ4n) is 2.93. The van der Waals surface area contributed by atoms with Crippen LogP contribution in [0.25, 0.3) is 0 Å². The number of amides is 1. The van der Waals surface area contributed by atoms with Gasteiger partial charge in [-0.2, -0.15) is 0 Å². The molecule has 0 radical (unpaired) electrons. The molecule has 1 aliphatic carbocycles. The number of hydrogen-bond donors (Lipinski definition) is 2.